The lowest BCUT2D eigenvalue weighted by molar-refractivity contribution is 0.116. The summed E-state index contributed by atoms with van der Waals surface area (Å²) in [6.45, 7) is 11.8. The molecule has 0 spiro atoms. The van der Waals surface area contributed by atoms with Crippen LogP contribution in [0.5, 0.6) is 0 Å². The Labute approximate surface area is 143 Å². The molecule has 0 aliphatic heterocycles. The summed E-state index contributed by atoms with van der Waals surface area (Å²) in [4.78, 5) is 1.53. The highest BCUT2D eigenvalue weighted by Crippen LogP contribution is 2.44. The monoisotopic (exact) mass is 371 g/mol. The van der Waals surface area contributed by atoms with E-state index < -0.39 is 0 Å². The zero-order valence-corrected chi connectivity index (χ0v) is 16.3. The van der Waals surface area contributed by atoms with Crippen LogP contribution in [-0.4, -0.2) is 13.1 Å². The van der Waals surface area contributed by atoms with Crippen LogP contribution in [0.15, 0.2) is 15.9 Å². The number of hydrogen-bond donors (Lipinski definition) is 1. The molecule has 0 amide bonds. The fourth-order valence-corrected chi connectivity index (χ4v) is 5.17. The highest BCUT2D eigenvalue weighted by molar-refractivity contribution is 9.10. The SMILES string of the molecule is CC(C)CNCC1CCC(C)(C)CC1Cc1sccc1Br. The highest BCUT2D eigenvalue weighted by atomic mass is 79.9. The molecule has 2 rings (SSSR count). The van der Waals surface area contributed by atoms with Gasteiger partial charge in [-0.3, -0.25) is 0 Å². The molecular formula is C18H30BrNS. The second-order valence-corrected chi connectivity index (χ2v) is 9.73. The molecule has 0 bridgehead atoms. The number of halogens is 1. The maximum absolute atomic E-state index is 3.71. The summed E-state index contributed by atoms with van der Waals surface area (Å²) in [5, 5.41) is 5.91. The molecule has 0 radical (unpaired) electrons. The van der Waals surface area contributed by atoms with Crippen molar-refractivity contribution in [2.75, 3.05) is 13.1 Å². The summed E-state index contributed by atoms with van der Waals surface area (Å²) in [7, 11) is 0. The summed E-state index contributed by atoms with van der Waals surface area (Å²) in [6, 6.07) is 2.19. The maximum Gasteiger partial charge on any atom is 0.0314 e. The topological polar surface area (TPSA) is 12.0 Å². The molecule has 2 atom stereocenters. The first-order chi connectivity index (χ1) is 9.87. The normalized spacial score (nSPS) is 25.4. The number of thiophene rings is 1. The van der Waals surface area contributed by atoms with Gasteiger partial charge in [-0.15, -0.1) is 11.3 Å². The van der Waals surface area contributed by atoms with Gasteiger partial charge in [0.25, 0.3) is 0 Å². The fourth-order valence-electron chi connectivity index (χ4n) is 3.56. The first-order valence-corrected chi connectivity index (χ1v) is 9.97. The molecule has 120 valence electrons. The van der Waals surface area contributed by atoms with Gasteiger partial charge in [0.1, 0.15) is 0 Å². The van der Waals surface area contributed by atoms with Gasteiger partial charge in [-0.1, -0.05) is 27.7 Å². The van der Waals surface area contributed by atoms with Crippen LogP contribution in [0.2, 0.25) is 0 Å². The smallest absolute Gasteiger partial charge is 0.0314 e. The Kier molecular flexibility index (Phi) is 6.34. The van der Waals surface area contributed by atoms with E-state index in [0.29, 0.717) is 5.41 Å². The van der Waals surface area contributed by atoms with Crippen LogP contribution in [0.25, 0.3) is 0 Å². The van der Waals surface area contributed by atoms with Crippen molar-refractivity contribution in [1.29, 1.82) is 0 Å². The third-order valence-corrected chi connectivity index (χ3v) is 6.72. The number of hydrogen-bond acceptors (Lipinski definition) is 2. The van der Waals surface area contributed by atoms with E-state index in [1.165, 1.54) is 41.6 Å². The molecule has 1 saturated carbocycles. The van der Waals surface area contributed by atoms with Gasteiger partial charge in [0, 0.05) is 9.35 Å². The first kappa shape index (κ1) is 17.5. The van der Waals surface area contributed by atoms with Gasteiger partial charge >= 0.3 is 0 Å². The van der Waals surface area contributed by atoms with Crippen LogP contribution in [0.3, 0.4) is 0 Å². The Bertz CT molecular complexity index is 438. The van der Waals surface area contributed by atoms with E-state index in [1.807, 2.05) is 11.3 Å². The zero-order chi connectivity index (χ0) is 15.5. The van der Waals surface area contributed by atoms with Crippen LogP contribution in [0.4, 0.5) is 0 Å². The summed E-state index contributed by atoms with van der Waals surface area (Å²) in [6.07, 6.45) is 5.37. The zero-order valence-electron chi connectivity index (χ0n) is 13.9. The van der Waals surface area contributed by atoms with Crippen molar-refractivity contribution in [3.05, 3.63) is 20.8 Å². The largest absolute Gasteiger partial charge is 0.316 e. The number of rotatable bonds is 6. The molecule has 2 unspecified atom stereocenters. The van der Waals surface area contributed by atoms with Crippen LogP contribution in [0.1, 0.15) is 51.8 Å². The summed E-state index contributed by atoms with van der Waals surface area (Å²) in [5.41, 5.74) is 0.517. The van der Waals surface area contributed by atoms with Crippen LogP contribution in [-0.2, 0) is 6.42 Å². The van der Waals surface area contributed by atoms with Gasteiger partial charge in [-0.2, -0.15) is 0 Å². The highest BCUT2D eigenvalue weighted by Gasteiger charge is 2.34. The van der Waals surface area contributed by atoms with E-state index in [1.54, 1.807) is 0 Å². The average Bonchev–Trinajstić information content (AvgIpc) is 2.77. The minimum atomic E-state index is 0.517. The molecule has 1 heterocycles. The van der Waals surface area contributed by atoms with Crippen molar-refractivity contribution >= 4 is 27.3 Å². The Morgan fingerprint density at radius 2 is 2.14 bits per heavy atom. The van der Waals surface area contributed by atoms with Crippen molar-refractivity contribution in [2.24, 2.45) is 23.2 Å². The van der Waals surface area contributed by atoms with Crippen LogP contribution < -0.4 is 5.32 Å². The van der Waals surface area contributed by atoms with Gasteiger partial charge in [0.2, 0.25) is 0 Å². The van der Waals surface area contributed by atoms with E-state index in [2.05, 4.69) is 60.4 Å². The van der Waals surface area contributed by atoms with Gasteiger partial charge in [-0.05, 0) is 89.3 Å². The summed E-state index contributed by atoms with van der Waals surface area (Å²) >= 11 is 5.61. The molecule has 1 aliphatic carbocycles. The van der Waals surface area contributed by atoms with Crippen LogP contribution >= 0.6 is 27.3 Å². The maximum atomic E-state index is 3.71. The van der Waals surface area contributed by atoms with Crippen molar-refractivity contribution in [3.8, 4) is 0 Å². The Balaban J connectivity index is 1.98. The third-order valence-electron chi connectivity index (χ3n) is 4.77. The molecule has 0 saturated heterocycles. The minimum Gasteiger partial charge on any atom is -0.316 e. The van der Waals surface area contributed by atoms with E-state index in [-0.39, 0.29) is 0 Å². The van der Waals surface area contributed by atoms with E-state index in [9.17, 15) is 0 Å². The third kappa shape index (κ3) is 5.37. The van der Waals surface area contributed by atoms with Crippen molar-refractivity contribution in [1.82, 2.24) is 5.32 Å². The average molecular weight is 372 g/mol. The second kappa shape index (κ2) is 7.61. The summed E-state index contributed by atoms with van der Waals surface area (Å²) < 4.78 is 1.31. The predicted molar refractivity (Wildman–Crippen MR) is 98.0 cm³/mol. The van der Waals surface area contributed by atoms with E-state index >= 15 is 0 Å². The lowest BCUT2D eigenvalue weighted by Crippen LogP contribution is -2.37. The Hall–Kier alpha value is 0.140. The standard InChI is InChI=1S/C18H30BrNS/c1-13(2)11-20-12-14-5-7-18(3,4)10-15(14)9-17-16(19)6-8-21-17/h6,8,13-15,20H,5,7,9-12H2,1-4H3. The quantitative estimate of drug-likeness (QED) is 0.671. The van der Waals surface area contributed by atoms with Crippen molar-refractivity contribution in [3.63, 3.8) is 0 Å². The Morgan fingerprint density at radius 1 is 1.38 bits per heavy atom. The molecule has 1 nitrogen and oxygen atoms in total. The van der Waals surface area contributed by atoms with Gasteiger partial charge in [-0.25, -0.2) is 0 Å². The molecule has 1 aromatic rings. The first-order valence-electron chi connectivity index (χ1n) is 8.30. The fraction of sp³-hybridized carbons (Fsp3) is 0.778. The molecule has 1 N–H and O–H groups in total. The molecule has 21 heavy (non-hydrogen) atoms. The van der Waals surface area contributed by atoms with E-state index in [0.717, 1.165) is 24.3 Å². The van der Waals surface area contributed by atoms with E-state index in [4.69, 9.17) is 0 Å². The molecule has 3 heteroatoms. The molecule has 1 aromatic heterocycles. The molecule has 1 fully saturated rings. The second-order valence-electron chi connectivity index (χ2n) is 7.88. The van der Waals surface area contributed by atoms with Crippen molar-refractivity contribution < 1.29 is 0 Å². The van der Waals surface area contributed by atoms with Gasteiger partial charge in [0.15, 0.2) is 0 Å². The molecular weight excluding hydrogens is 342 g/mol. The lowest BCUT2D eigenvalue weighted by atomic mass is 9.66. The summed E-state index contributed by atoms with van der Waals surface area (Å²) in [5.74, 6) is 2.41. The van der Waals surface area contributed by atoms with Crippen LogP contribution in [0, 0.1) is 23.2 Å². The molecule has 1 aliphatic rings. The van der Waals surface area contributed by atoms with Gasteiger partial charge in [0.05, 0.1) is 0 Å². The molecule has 0 aromatic carbocycles. The lowest BCUT2D eigenvalue weighted by Gasteiger charge is -2.41. The minimum absolute atomic E-state index is 0.517. The Morgan fingerprint density at radius 3 is 2.76 bits per heavy atom. The predicted octanol–water partition coefficient (Wildman–Crippen LogP) is 5.74. The van der Waals surface area contributed by atoms with Gasteiger partial charge < -0.3 is 5.32 Å². The number of nitrogens with one attached hydrogen (secondary N) is 1. The van der Waals surface area contributed by atoms with Crippen molar-refractivity contribution in [2.45, 2.75) is 53.4 Å².